The van der Waals surface area contributed by atoms with Crippen molar-refractivity contribution >= 4 is 33.5 Å². The molecule has 5 rings (SSSR count). The highest BCUT2D eigenvalue weighted by Crippen LogP contribution is 2.20. The average Bonchev–Trinajstić information content (AvgIpc) is 3.30. The first kappa shape index (κ1) is 23.7. The Morgan fingerprint density at radius 1 is 0.553 bits per heavy atom. The van der Waals surface area contributed by atoms with Gasteiger partial charge in [0, 0.05) is 11.1 Å². The third kappa shape index (κ3) is 3.41. The molecule has 0 aliphatic carbocycles. The molecule has 0 saturated carbocycles. The van der Waals surface area contributed by atoms with E-state index < -0.39 is 34.2 Å². The molecule has 0 atom stereocenters. The van der Waals surface area contributed by atoms with Crippen LogP contribution in [-0.4, -0.2) is 31.3 Å². The molecule has 3 aromatic carbocycles. The van der Waals surface area contributed by atoms with Crippen molar-refractivity contribution in [3.8, 4) is 36.1 Å². The van der Waals surface area contributed by atoms with Gasteiger partial charge in [0.05, 0.1) is 44.0 Å². The van der Waals surface area contributed by atoms with Gasteiger partial charge in [-0.15, -0.1) is 12.8 Å². The van der Waals surface area contributed by atoms with Crippen molar-refractivity contribution in [1.82, 2.24) is 9.13 Å². The monoisotopic (exact) mass is 504 g/mol. The van der Waals surface area contributed by atoms with Crippen molar-refractivity contribution in [3.63, 3.8) is 0 Å². The summed E-state index contributed by atoms with van der Waals surface area (Å²) >= 11 is 0. The fourth-order valence-electron chi connectivity index (χ4n) is 4.34. The van der Waals surface area contributed by atoms with Gasteiger partial charge < -0.3 is 10.2 Å². The van der Waals surface area contributed by atoms with Gasteiger partial charge in [-0.1, -0.05) is 11.8 Å². The molecule has 0 spiro atoms. The lowest BCUT2D eigenvalue weighted by atomic mass is 10.1. The second-order valence-corrected chi connectivity index (χ2v) is 8.27. The maximum Gasteiger partial charge on any atom is 0.335 e. The number of nitrogens with zero attached hydrogens (tertiary/aromatic N) is 2. The highest BCUT2D eigenvalue weighted by Gasteiger charge is 2.22. The van der Waals surface area contributed by atoms with Crippen LogP contribution >= 0.6 is 0 Å². The lowest BCUT2D eigenvalue weighted by Crippen LogP contribution is -2.24. The van der Waals surface area contributed by atoms with Crippen LogP contribution in [0.4, 0.5) is 0 Å². The molecular weight excluding hydrogens is 492 g/mol. The minimum Gasteiger partial charge on any atom is -0.478 e. The summed E-state index contributed by atoms with van der Waals surface area (Å²) in [5, 5.41) is 18.0. The second kappa shape index (κ2) is 8.29. The van der Waals surface area contributed by atoms with Crippen LogP contribution in [0.2, 0.25) is 0 Å². The summed E-state index contributed by atoms with van der Waals surface area (Å²) < 4.78 is 1.44. The molecule has 182 valence electrons. The number of benzene rings is 3. The Balaban J connectivity index is 1.81. The number of aromatic carboxylic acids is 2. The zero-order valence-electron chi connectivity index (χ0n) is 19.0. The van der Waals surface area contributed by atoms with Crippen LogP contribution in [-0.2, 0) is 0 Å². The highest BCUT2D eigenvalue weighted by molar-refractivity contribution is 5.98. The van der Waals surface area contributed by atoms with Gasteiger partial charge in [0.2, 0.25) is 0 Å². The van der Waals surface area contributed by atoms with E-state index in [1.165, 1.54) is 24.3 Å². The molecule has 38 heavy (non-hydrogen) atoms. The van der Waals surface area contributed by atoms with E-state index in [4.69, 9.17) is 12.8 Å². The third-order valence-corrected chi connectivity index (χ3v) is 6.07. The van der Waals surface area contributed by atoms with Crippen molar-refractivity contribution in [2.45, 2.75) is 0 Å². The standard InChI is InChI=1S/C28H12N2O8/c1-3-13-5-15(27(35)36)9-17(7-13)29-23(31)19-11-21-22(12-20(19)24(29)32)26(34)30(25(21)33)18-8-14(4-2)6-16(10-18)28(37)38/h1-2,5-12H,(H,35,36)(H,37,38). The van der Waals surface area contributed by atoms with Gasteiger partial charge in [0.15, 0.2) is 0 Å². The molecular formula is C28H12N2O8. The summed E-state index contributed by atoms with van der Waals surface area (Å²) in [5.41, 5.74) is -3.81. The SMILES string of the molecule is C#Cc1cc(C(=O)O)cc(-n2c(=O)c3cc4c(=O)n(-c5cc(C#C)cc(C(=O)O)c5)c(=O)c4cc3c2=O)c1. The van der Waals surface area contributed by atoms with E-state index in [2.05, 4.69) is 11.8 Å². The van der Waals surface area contributed by atoms with Gasteiger partial charge in [-0.3, -0.25) is 19.2 Å². The number of carbonyl (C=O) groups is 2. The van der Waals surface area contributed by atoms with E-state index in [9.17, 15) is 39.0 Å². The summed E-state index contributed by atoms with van der Waals surface area (Å²) in [4.78, 5) is 75.9. The van der Waals surface area contributed by atoms with Crippen molar-refractivity contribution in [1.29, 1.82) is 0 Å². The number of rotatable bonds is 4. The van der Waals surface area contributed by atoms with E-state index >= 15 is 0 Å². The summed E-state index contributed by atoms with van der Waals surface area (Å²) in [6.45, 7) is 0. The highest BCUT2D eigenvalue weighted by atomic mass is 16.4. The number of fused-ring (bicyclic) bond motifs is 2. The Morgan fingerprint density at radius 3 is 1.13 bits per heavy atom. The zero-order valence-corrected chi connectivity index (χ0v) is 19.0. The molecule has 10 heteroatoms. The summed E-state index contributed by atoms with van der Waals surface area (Å²) in [5.74, 6) is 1.89. The minimum atomic E-state index is -1.32. The molecule has 5 aromatic rings. The van der Waals surface area contributed by atoms with E-state index in [-0.39, 0.29) is 55.2 Å². The normalized spacial score (nSPS) is 10.9. The van der Waals surface area contributed by atoms with E-state index in [0.717, 1.165) is 33.4 Å². The molecule has 2 aromatic heterocycles. The van der Waals surface area contributed by atoms with Crippen molar-refractivity contribution < 1.29 is 19.8 Å². The molecule has 0 amide bonds. The molecule has 0 unspecified atom stereocenters. The number of hydrogen-bond acceptors (Lipinski definition) is 6. The second-order valence-electron chi connectivity index (χ2n) is 8.27. The number of aromatic nitrogens is 2. The number of hydrogen-bond donors (Lipinski definition) is 2. The summed E-state index contributed by atoms with van der Waals surface area (Å²) in [7, 11) is 0. The average molecular weight is 504 g/mol. The van der Waals surface area contributed by atoms with E-state index in [1.807, 2.05) is 0 Å². The van der Waals surface area contributed by atoms with Crippen LogP contribution < -0.4 is 22.2 Å². The molecule has 0 bridgehead atoms. The van der Waals surface area contributed by atoms with Gasteiger partial charge in [0.25, 0.3) is 22.2 Å². The van der Waals surface area contributed by atoms with E-state index in [1.54, 1.807) is 0 Å². The first-order valence-electron chi connectivity index (χ1n) is 10.7. The fourth-order valence-corrected chi connectivity index (χ4v) is 4.34. The van der Waals surface area contributed by atoms with Crippen molar-refractivity contribution in [2.75, 3.05) is 0 Å². The molecule has 0 saturated heterocycles. The fraction of sp³-hybridized carbons (Fsp3) is 0. The Morgan fingerprint density at radius 2 is 0.868 bits per heavy atom. The predicted octanol–water partition coefficient (Wildman–Crippen LogP) is 1.25. The van der Waals surface area contributed by atoms with Crippen LogP contribution in [0.3, 0.4) is 0 Å². The first-order chi connectivity index (χ1) is 18.0. The minimum absolute atomic E-state index is 0.0872. The van der Waals surface area contributed by atoms with Crippen LogP contribution in [0.5, 0.6) is 0 Å². The lowest BCUT2D eigenvalue weighted by Gasteiger charge is -2.04. The molecule has 0 fully saturated rings. The predicted molar refractivity (Wildman–Crippen MR) is 137 cm³/mol. The Kier molecular flexibility index (Phi) is 5.18. The van der Waals surface area contributed by atoms with Gasteiger partial charge in [-0.25, -0.2) is 18.7 Å². The zero-order chi connectivity index (χ0) is 27.5. The van der Waals surface area contributed by atoms with Crippen molar-refractivity contribution in [3.05, 3.63) is 112 Å². The Hall–Kier alpha value is -6.00. The summed E-state index contributed by atoms with van der Waals surface area (Å²) in [6, 6.07) is 9.42. The molecule has 0 aliphatic rings. The number of terminal acetylenes is 2. The van der Waals surface area contributed by atoms with Gasteiger partial charge >= 0.3 is 11.9 Å². The molecule has 2 heterocycles. The topological polar surface area (TPSA) is 153 Å². The third-order valence-electron chi connectivity index (χ3n) is 6.07. The van der Waals surface area contributed by atoms with Gasteiger partial charge in [-0.2, -0.15) is 0 Å². The largest absolute Gasteiger partial charge is 0.478 e. The molecule has 10 nitrogen and oxygen atoms in total. The van der Waals surface area contributed by atoms with Crippen LogP contribution in [0.1, 0.15) is 31.8 Å². The number of carboxylic acids is 2. The van der Waals surface area contributed by atoms with Crippen LogP contribution in [0.15, 0.2) is 67.7 Å². The van der Waals surface area contributed by atoms with Crippen LogP contribution in [0, 0.1) is 24.7 Å². The number of carboxylic acid groups (broad SMARTS) is 2. The van der Waals surface area contributed by atoms with Crippen LogP contribution in [0.25, 0.3) is 32.9 Å². The molecule has 2 N–H and O–H groups in total. The maximum absolute atomic E-state index is 13.2. The van der Waals surface area contributed by atoms with Gasteiger partial charge in [0.1, 0.15) is 0 Å². The Labute approximate surface area is 210 Å². The first-order valence-corrected chi connectivity index (χ1v) is 10.7. The quantitative estimate of drug-likeness (QED) is 0.347. The van der Waals surface area contributed by atoms with Gasteiger partial charge in [-0.05, 0) is 48.5 Å². The Bertz CT molecular complexity index is 1960. The smallest absolute Gasteiger partial charge is 0.335 e. The maximum atomic E-state index is 13.2. The van der Waals surface area contributed by atoms with Crippen molar-refractivity contribution in [2.24, 2.45) is 0 Å². The summed E-state index contributed by atoms with van der Waals surface area (Å²) in [6.07, 6.45) is 10.8. The molecule has 0 aliphatic heterocycles. The lowest BCUT2D eigenvalue weighted by molar-refractivity contribution is 0.0686. The molecule has 0 radical (unpaired) electrons. The van der Waals surface area contributed by atoms with E-state index in [0.29, 0.717) is 0 Å².